The van der Waals surface area contributed by atoms with Crippen molar-refractivity contribution in [1.29, 1.82) is 0 Å². The number of hydrogen-bond acceptors (Lipinski definition) is 5. The molecule has 2 heterocycles. The molecule has 1 saturated heterocycles. The number of aromatic hydroxyl groups is 1. The first-order chi connectivity index (χ1) is 12.3. The SMILES string of the molecule is Cc1cc(-c2ccc(C(F)(F)F)cc2O)nnc1C(O)C1CCCNC1. The maximum absolute atomic E-state index is 12.7. The Morgan fingerprint density at radius 3 is 2.58 bits per heavy atom. The lowest BCUT2D eigenvalue weighted by Crippen LogP contribution is -2.33. The zero-order valence-corrected chi connectivity index (χ0v) is 14.2. The number of piperidine rings is 1. The van der Waals surface area contributed by atoms with Crippen molar-refractivity contribution in [3.05, 3.63) is 41.1 Å². The highest BCUT2D eigenvalue weighted by Crippen LogP contribution is 2.36. The lowest BCUT2D eigenvalue weighted by Gasteiger charge is -2.27. The smallest absolute Gasteiger partial charge is 0.416 e. The van der Waals surface area contributed by atoms with Gasteiger partial charge in [0.05, 0.1) is 17.0 Å². The third-order valence-electron chi connectivity index (χ3n) is 4.69. The number of aliphatic hydroxyl groups is 1. The number of hydrogen-bond donors (Lipinski definition) is 3. The van der Waals surface area contributed by atoms with E-state index in [1.807, 2.05) is 0 Å². The molecule has 0 amide bonds. The van der Waals surface area contributed by atoms with E-state index in [4.69, 9.17) is 0 Å². The molecule has 3 N–H and O–H groups in total. The van der Waals surface area contributed by atoms with E-state index in [1.54, 1.807) is 13.0 Å². The third kappa shape index (κ3) is 3.81. The Morgan fingerprint density at radius 1 is 1.23 bits per heavy atom. The van der Waals surface area contributed by atoms with Gasteiger partial charge in [-0.15, -0.1) is 0 Å². The first-order valence-corrected chi connectivity index (χ1v) is 8.41. The van der Waals surface area contributed by atoms with E-state index < -0.39 is 23.6 Å². The van der Waals surface area contributed by atoms with Gasteiger partial charge in [0, 0.05) is 18.0 Å². The third-order valence-corrected chi connectivity index (χ3v) is 4.69. The fraction of sp³-hybridized carbons (Fsp3) is 0.444. The van der Waals surface area contributed by atoms with Gasteiger partial charge in [-0.05, 0) is 56.1 Å². The van der Waals surface area contributed by atoms with Crippen molar-refractivity contribution in [2.75, 3.05) is 13.1 Å². The number of phenols is 1. The summed E-state index contributed by atoms with van der Waals surface area (Å²) in [5, 5.41) is 31.8. The average molecular weight is 367 g/mol. The van der Waals surface area contributed by atoms with Crippen molar-refractivity contribution in [1.82, 2.24) is 15.5 Å². The molecular weight excluding hydrogens is 347 g/mol. The summed E-state index contributed by atoms with van der Waals surface area (Å²) >= 11 is 0. The fourth-order valence-electron chi connectivity index (χ4n) is 3.21. The van der Waals surface area contributed by atoms with E-state index in [-0.39, 0.29) is 17.2 Å². The second kappa shape index (κ2) is 7.20. The van der Waals surface area contributed by atoms with Gasteiger partial charge in [0.25, 0.3) is 0 Å². The van der Waals surface area contributed by atoms with Crippen LogP contribution >= 0.6 is 0 Å². The van der Waals surface area contributed by atoms with Crippen LogP contribution in [0.5, 0.6) is 5.75 Å². The molecule has 8 heteroatoms. The Labute approximate surface area is 148 Å². The van der Waals surface area contributed by atoms with E-state index in [2.05, 4.69) is 15.5 Å². The molecule has 140 valence electrons. The van der Waals surface area contributed by atoms with Gasteiger partial charge in [-0.1, -0.05) is 0 Å². The van der Waals surface area contributed by atoms with Crippen molar-refractivity contribution in [2.45, 2.75) is 32.0 Å². The van der Waals surface area contributed by atoms with Gasteiger partial charge in [-0.3, -0.25) is 0 Å². The molecule has 1 fully saturated rings. The molecule has 0 bridgehead atoms. The Hall–Kier alpha value is -2.19. The summed E-state index contributed by atoms with van der Waals surface area (Å²) in [5.74, 6) is -0.472. The number of aryl methyl sites for hydroxylation is 1. The Kier molecular flexibility index (Phi) is 5.15. The summed E-state index contributed by atoms with van der Waals surface area (Å²) in [4.78, 5) is 0. The maximum atomic E-state index is 12.7. The lowest BCUT2D eigenvalue weighted by molar-refractivity contribution is -0.137. The number of aliphatic hydroxyl groups excluding tert-OH is 1. The van der Waals surface area contributed by atoms with Gasteiger partial charge in [-0.2, -0.15) is 23.4 Å². The largest absolute Gasteiger partial charge is 0.507 e. The highest BCUT2D eigenvalue weighted by atomic mass is 19.4. The summed E-state index contributed by atoms with van der Waals surface area (Å²) in [6, 6.07) is 4.35. The zero-order chi connectivity index (χ0) is 18.9. The number of alkyl halides is 3. The topological polar surface area (TPSA) is 78.3 Å². The van der Waals surface area contributed by atoms with Gasteiger partial charge >= 0.3 is 6.18 Å². The molecule has 3 rings (SSSR count). The van der Waals surface area contributed by atoms with Crippen LogP contribution in [0.1, 0.15) is 35.8 Å². The van der Waals surface area contributed by atoms with Crippen LogP contribution in [-0.4, -0.2) is 33.5 Å². The van der Waals surface area contributed by atoms with Crippen LogP contribution in [0.4, 0.5) is 13.2 Å². The number of halogens is 3. The minimum Gasteiger partial charge on any atom is -0.507 e. The highest BCUT2D eigenvalue weighted by molar-refractivity contribution is 5.67. The van der Waals surface area contributed by atoms with Gasteiger partial charge < -0.3 is 15.5 Å². The molecule has 0 radical (unpaired) electrons. The summed E-state index contributed by atoms with van der Waals surface area (Å²) < 4.78 is 38.1. The summed E-state index contributed by atoms with van der Waals surface area (Å²) in [6.07, 6.45) is -3.42. The standard InChI is InChI=1S/C18H20F3N3O2/c1-10-7-14(13-5-4-12(8-15(13)25)18(19,20)21)23-24-16(10)17(26)11-3-2-6-22-9-11/h4-5,7-8,11,17,22,25-26H,2-3,6,9H2,1H3. The number of rotatable bonds is 3. The molecule has 1 aliphatic rings. The lowest BCUT2D eigenvalue weighted by atomic mass is 9.90. The molecule has 0 aliphatic carbocycles. The Bertz CT molecular complexity index is 790. The van der Waals surface area contributed by atoms with Gasteiger partial charge in [0.2, 0.25) is 0 Å². The van der Waals surface area contributed by atoms with E-state index in [0.29, 0.717) is 23.9 Å². The highest BCUT2D eigenvalue weighted by Gasteiger charge is 2.31. The number of nitrogens with one attached hydrogen (secondary N) is 1. The van der Waals surface area contributed by atoms with Crippen LogP contribution in [0.2, 0.25) is 0 Å². The van der Waals surface area contributed by atoms with Crippen LogP contribution in [0.3, 0.4) is 0 Å². The minimum absolute atomic E-state index is 0.0436. The molecule has 2 aromatic rings. The average Bonchev–Trinajstić information content (AvgIpc) is 2.61. The maximum Gasteiger partial charge on any atom is 0.416 e. The van der Waals surface area contributed by atoms with E-state index in [9.17, 15) is 23.4 Å². The quantitative estimate of drug-likeness (QED) is 0.777. The van der Waals surface area contributed by atoms with Crippen molar-refractivity contribution < 1.29 is 23.4 Å². The molecular formula is C18H20F3N3O2. The van der Waals surface area contributed by atoms with Crippen molar-refractivity contribution >= 4 is 0 Å². The van der Waals surface area contributed by atoms with E-state index in [0.717, 1.165) is 25.5 Å². The zero-order valence-electron chi connectivity index (χ0n) is 14.2. The second-order valence-corrected chi connectivity index (χ2v) is 6.58. The number of benzene rings is 1. The van der Waals surface area contributed by atoms with Gasteiger partial charge in [-0.25, -0.2) is 0 Å². The van der Waals surface area contributed by atoms with Crippen molar-refractivity contribution in [3.8, 4) is 17.0 Å². The molecule has 1 aliphatic heterocycles. The molecule has 0 saturated carbocycles. The summed E-state index contributed by atoms with van der Waals surface area (Å²) in [7, 11) is 0. The first-order valence-electron chi connectivity index (χ1n) is 8.41. The minimum atomic E-state index is -4.53. The molecule has 1 aromatic heterocycles. The van der Waals surface area contributed by atoms with Crippen LogP contribution in [0, 0.1) is 12.8 Å². The Morgan fingerprint density at radius 2 is 2.00 bits per heavy atom. The normalized spacial score (nSPS) is 19.3. The number of nitrogens with zero attached hydrogens (tertiary/aromatic N) is 2. The van der Waals surface area contributed by atoms with Crippen LogP contribution < -0.4 is 5.32 Å². The van der Waals surface area contributed by atoms with Crippen molar-refractivity contribution in [3.63, 3.8) is 0 Å². The Balaban J connectivity index is 1.87. The summed E-state index contributed by atoms with van der Waals surface area (Å²) in [5.41, 5.74) is 0.613. The van der Waals surface area contributed by atoms with E-state index >= 15 is 0 Å². The predicted molar refractivity (Wildman–Crippen MR) is 89.4 cm³/mol. The number of phenolic OH excluding ortho intramolecular Hbond substituents is 1. The monoisotopic (exact) mass is 367 g/mol. The first kappa shape index (κ1) is 18.6. The molecule has 5 nitrogen and oxygen atoms in total. The van der Waals surface area contributed by atoms with Gasteiger partial charge in [0.15, 0.2) is 0 Å². The summed E-state index contributed by atoms with van der Waals surface area (Å²) in [6.45, 7) is 3.39. The van der Waals surface area contributed by atoms with Crippen LogP contribution in [0.15, 0.2) is 24.3 Å². The predicted octanol–water partition coefficient (Wildman–Crippen LogP) is 3.21. The van der Waals surface area contributed by atoms with Crippen molar-refractivity contribution in [2.24, 2.45) is 5.92 Å². The molecule has 2 atom stereocenters. The van der Waals surface area contributed by atoms with Crippen LogP contribution in [0.25, 0.3) is 11.3 Å². The molecule has 0 spiro atoms. The molecule has 2 unspecified atom stereocenters. The van der Waals surface area contributed by atoms with Crippen LogP contribution in [-0.2, 0) is 6.18 Å². The number of aromatic nitrogens is 2. The molecule has 1 aromatic carbocycles. The fourth-order valence-corrected chi connectivity index (χ4v) is 3.21. The van der Waals surface area contributed by atoms with E-state index in [1.165, 1.54) is 6.07 Å². The van der Waals surface area contributed by atoms with Gasteiger partial charge in [0.1, 0.15) is 11.9 Å². The molecule has 26 heavy (non-hydrogen) atoms. The second-order valence-electron chi connectivity index (χ2n) is 6.58.